The van der Waals surface area contributed by atoms with E-state index in [9.17, 15) is 14.7 Å². The number of amides is 1. The zero-order chi connectivity index (χ0) is 14.5. The number of aliphatic hydroxyl groups excluding tert-OH is 1. The van der Waals surface area contributed by atoms with E-state index in [1.54, 1.807) is 0 Å². The van der Waals surface area contributed by atoms with Gasteiger partial charge in [0.2, 0.25) is 5.91 Å². The maximum absolute atomic E-state index is 12.6. The minimum atomic E-state index is -1.51. The molecule has 5 heteroatoms. The zero-order valence-electron chi connectivity index (χ0n) is 11.9. The van der Waals surface area contributed by atoms with Crippen LogP contribution in [0, 0.1) is 22.7 Å². The monoisotopic (exact) mass is 281 g/mol. The van der Waals surface area contributed by atoms with Crippen molar-refractivity contribution in [3.05, 3.63) is 0 Å². The third-order valence-corrected chi connectivity index (χ3v) is 5.58. The number of carboxylic acid groups (broad SMARTS) is 1. The molecule has 1 amide bonds. The Hall–Kier alpha value is -1.10. The normalized spacial score (nSPS) is 43.3. The van der Waals surface area contributed by atoms with Gasteiger partial charge in [-0.2, -0.15) is 0 Å². The molecule has 3 unspecified atom stereocenters. The van der Waals surface area contributed by atoms with Crippen molar-refractivity contribution < 1.29 is 19.8 Å². The SMILES string of the molecule is CC12CC3CC(C1)CC(C(=O)NCC(O)C(=O)O)(C3)C2. The van der Waals surface area contributed by atoms with Crippen molar-refractivity contribution in [1.82, 2.24) is 5.32 Å². The zero-order valence-corrected chi connectivity index (χ0v) is 11.9. The molecule has 4 fully saturated rings. The van der Waals surface area contributed by atoms with Gasteiger partial charge in [0, 0.05) is 0 Å². The highest BCUT2D eigenvalue weighted by Crippen LogP contribution is 2.65. The predicted molar refractivity (Wildman–Crippen MR) is 71.9 cm³/mol. The number of hydrogen-bond donors (Lipinski definition) is 3. The fraction of sp³-hybridized carbons (Fsp3) is 0.867. The lowest BCUT2D eigenvalue weighted by molar-refractivity contribution is -0.156. The molecular formula is C15H23NO4. The Morgan fingerprint density at radius 3 is 2.35 bits per heavy atom. The molecule has 4 aliphatic rings. The van der Waals surface area contributed by atoms with Crippen molar-refractivity contribution in [2.45, 2.75) is 51.6 Å². The van der Waals surface area contributed by atoms with Gasteiger partial charge in [-0.15, -0.1) is 0 Å². The van der Waals surface area contributed by atoms with Crippen molar-refractivity contribution >= 4 is 11.9 Å². The predicted octanol–water partition coefficient (Wildman–Crippen LogP) is 1.15. The van der Waals surface area contributed by atoms with Crippen LogP contribution in [-0.4, -0.2) is 34.7 Å². The summed E-state index contributed by atoms with van der Waals surface area (Å²) in [5, 5.41) is 20.6. The minimum absolute atomic E-state index is 0.0434. The van der Waals surface area contributed by atoms with Gasteiger partial charge in [-0.05, 0) is 55.8 Å². The first-order valence-electron chi connectivity index (χ1n) is 7.51. The standard InChI is InChI=1S/C15H23NO4/c1-14-3-9-2-10(4-14)6-15(5-9,8-14)13(20)16-7-11(17)12(18)19/h9-11,17H,2-8H2,1H3,(H,16,20)(H,18,19). The summed E-state index contributed by atoms with van der Waals surface area (Å²) in [5.41, 5.74) is -0.0239. The summed E-state index contributed by atoms with van der Waals surface area (Å²) in [4.78, 5) is 23.2. The van der Waals surface area contributed by atoms with Crippen molar-refractivity contribution in [3.63, 3.8) is 0 Å². The van der Waals surface area contributed by atoms with Crippen molar-refractivity contribution in [2.24, 2.45) is 22.7 Å². The van der Waals surface area contributed by atoms with Gasteiger partial charge >= 0.3 is 5.97 Å². The smallest absolute Gasteiger partial charge is 0.334 e. The fourth-order valence-corrected chi connectivity index (χ4v) is 5.45. The van der Waals surface area contributed by atoms with E-state index in [4.69, 9.17) is 5.11 Å². The summed E-state index contributed by atoms with van der Waals surface area (Å²) in [6.45, 7) is 2.10. The Morgan fingerprint density at radius 2 is 1.85 bits per heavy atom. The van der Waals surface area contributed by atoms with Crippen molar-refractivity contribution in [3.8, 4) is 0 Å². The Bertz CT molecular complexity index is 433. The first kappa shape index (κ1) is 13.9. The van der Waals surface area contributed by atoms with Crippen LogP contribution in [-0.2, 0) is 9.59 Å². The summed E-state index contributed by atoms with van der Waals surface area (Å²) < 4.78 is 0. The number of hydrogen-bond acceptors (Lipinski definition) is 3. The molecule has 0 radical (unpaired) electrons. The van der Waals surface area contributed by atoms with Crippen LogP contribution >= 0.6 is 0 Å². The molecule has 5 nitrogen and oxygen atoms in total. The van der Waals surface area contributed by atoms with Crippen molar-refractivity contribution in [1.29, 1.82) is 0 Å². The largest absolute Gasteiger partial charge is 0.479 e. The van der Waals surface area contributed by atoms with E-state index in [1.807, 2.05) is 0 Å². The van der Waals surface area contributed by atoms with Crippen LogP contribution in [0.3, 0.4) is 0 Å². The number of aliphatic hydroxyl groups is 1. The summed E-state index contributed by atoms with van der Waals surface area (Å²) in [6.07, 6.45) is 5.00. The summed E-state index contributed by atoms with van der Waals surface area (Å²) >= 11 is 0. The lowest BCUT2D eigenvalue weighted by Crippen LogP contribution is -2.57. The van der Waals surface area contributed by atoms with Gasteiger partial charge in [0.1, 0.15) is 0 Å². The van der Waals surface area contributed by atoms with Crippen molar-refractivity contribution in [2.75, 3.05) is 6.54 Å². The van der Waals surface area contributed by atoms with Gasteiger partial charge in [0.25, 0.3) is 0 Å². The van der Waals surface area contributed by atoms with Gasteiger partial charge in [0.15, 0.2) is 6.10 Å². The Morgan fingerprint density at radius 1 is 1.25 bits per heavy atom. The van der Waals surface area contributed by atoms with E-state index in [0.29, 0.717) is 11.8 Å². The molecule has 0 aromatic carbocycles. The molecule has 4 bridgehead atoms. The van der Waals surface area contributed by atoms with E-state index in [0.717, 1.165) is 19.3 Å². The van der Waals surface area contributed by atoms with Crippen LogP contribution in [0.5, 0.6) is 0 Å². The third kappa shape index (κ3) is 2.22. The fourth-order valence-electron chi connectivity index (χ4n) is 5.45. The molecule has 3 atom stereocenters. The molecule has 4 saturated carbocycles. The second kappa shape index (κ2) is 4.45. The average Bonchev–Trinajstić information content (AvgIpc) is 2.32. The molecule has 0 aliphatic heterocycles. The van der Waals surface area contributed by atoms with Crippen LogP contribution in [0.25, 0.3) is 0 Å². The number of carboxylic acids is 1. The Kier molecular flexibility index (Phi) is 3.08. The van der Waals surface area contributed by atoms with Crippen LogP contribution < -0.4 is 5.32 Å². The van der Waals surface area contributed by atoms with E-state index < -0.39 is 12.1 Å². The Balaban J connectivity index is 1.70. The van der Waals surface area contributed by atoms with Gasteiger partial charge in [0.05, 0.1) is 12.0 Å². The van der Waals surface area contributed by atoms with Gasteiger partial charge in [-0.3, -0.25) is 4.79 Å². The number of aliphatic carboxylic acids is 1. The maximum atomic E-state index is 12.6. The molecule has 0 aromatic rings. The maximum Gasteiger partial charge on any atom is 0.334 e. The van der Waals surface area contributed by atoms with Crippen LogP contribution in [0.2, 0.25) is 0 Å². The molecule has 3 N–H and O–H groups in total. The van der Waals surface area contributed by atoms with Gasteiger partial charge in [-0.1, -0.05) is 6.92 Å². The minimum Gasteiger partial charge on any atom is -0.479 e. The third-order valence-electron chi connectivity index (χ3n) is 5.58. The van der Waals surface area contributed by atoms with E-state index >= 15 is 0 Å². The quantitative estimate of drug-likeness (QED) is 0.721. The number of nitrogens with one attached hydrogen (secondary N) is 1. The lowest BCUT2D eigenvalue weighted by Gasteiger charge is -2.60. The van der Waals surface area contributed by atoms with Gasteiger partial charge in [-0.25, -0.2) is 4.79 Å². The second-order valence-electron chi connectivity index (χ2n) is 7.62. The summed E-state index contributed by atoms with van der Waals surface area (Å²) in [7, 11) is 0. The topological polar surface area (TPSA) is 86.6 Å². The molecule has 0 heterocycles. The molecule has 112 valence electrons. The molecule has 0 aromatic heterocycles. The Labute approximate surface area is 118 Å². The number of carbonyl (C=O) groups excluding carboxylic acids is 1. The highest BCUT2D eigenvalue weighted by Gasteiger charge is 2.58. The van der Waals surface area contributed by atoms with E-state index in [-0.39, 0.29) is 23.3 Å². The van der Waals surface area contributed by atoms with Crippen LogP contribution in [0.4, 0.5) is 0 Å². The second-order valence-corrected chi connectivity index (χ2v) is 7.62. The average molecular weight is 281 g/mol. The number of carbonyl (C=O) groups is 2. The highest BCUT2D eigenvalue weighted by atomic mass is 16.4. The molecule has 4 aliphatic carbocycles. The first-order valence-corrected chi connectivity index (χ1v) is 7.51. The summed E-state index contributed by atoms with van der Waals surface area (Å²) in [5.74, 6) is -0.0336. The van der Waals surface area contributed by atoms with E-state index in [1.165, 1.54) is 19.3 Å². The molecular weight excluding hydrogens is 258 g/mol. The molecule has 0 saturated heterocycles. The van der Waals surface area contributed by atoms with Crippen LogP contribution in [0.1, 0.15) is 45.4 Å². The lowest BCUT2D eigenvalue weighted by atomic mass is 9.44. The molecule has 4 rings (SSSR count). The molecule has 0 spiro atoms. The molecule has 20 heavy (non-hydrogen) atoms. The van der Waals surface area contributed by atoms with E-state index in [2.05, 4.69) is 12.2 Å². The summed E-state index contributed by atoms with van der Waals surface area (Å²) in [6, 6.07) is 0. The highest BCUT2D eigenvalue weighted by molar-refractivity contribution is 5.84. The van der Waals surface area contributed by atoms with Gasteiger partial charge < -0.3 is 15.5 Å². The number of rotatable bonds is 4. The first-order chi connectivity index (χ1) is 9.32. The van der Waals surface area contributed by atoms with Crippen LogP contribution in [0.15, 0.2) is 0 Å².